The normalized spacial score (nSPS) is 12.2. The van der Waals surface area contributed by atoms with Gasteiger partial charge in [-0.05, 0) is 54.1 Å². The van der Waals surface area contributed by atoms with Gasteiger partial charge in [-0.1, -0.05) is 17.1 Å². The van der Waals surface area contributed by atoms with Gasteiger partial charge in [0, 0.05) is 5.52 Å². The Morgan fingerprint density at radius 3 is 1.92 bits per heavy atom. The van der Waals surface area contributed by atoms with Crippen LogP contribution in [0.2, 0.25) is 0 Å². The SMILES string of the molecule is [Ba+2].[H-].[c-]1cc2cc3nc(cc4nc(cc5ccc(cc1[nH]2)[nH]5)C=C4)C=C3. The number of aromatic amines is 2. The van der Waals surface area contributed by atoms with E-state index in [2.05, 4.69) is 26.0 Å². The van der Waals surface area contributed by atoms with Crippen LogP contribution in [0, 0.1) is 6.07 Å². The van der Waals surface area contributed by atoms with E-state index in [9.17, 15) is 0 Å². The minimum atomic E-state index is 0. The summed E-state index contributed by atoms with van der Waals surface area (Å²) in [5.41, 5.74) is 7.59. The molecule has 5 rings (SSSR count). The number of aromatic nitrogens is 4. The largest absolute Gasteiger partial charge is 2.00 e. The topological polar surface area (TPSA) is 57.4 Å². The molecule has 0 aliphatic carbocycles. The molecule has 5 heteroatoms. The van der Waals surface area contributed by atoms with Crippen molar-refractivity contribution in [3.8, 4) is 0 Å². The zero-order valence-corrected chi connectivity index (χ0v) is 17.9. The molecular formula is C20H14BaN4. The van der Waals surface area contributed by atoms with Crippen molar-refractivity contribution in [1.82, 2.24) is 19.9 Å². The van der Waals surface area contributed by atoms with E-state index in [-0.39, 0.29) is 50.3 Å². The molecule has 0 saturated heterocycles. The molecule has 2 aliphatic rings. The molecule has 0 amide bonds. The number of nitrogens with zero attached hydrogens (tertiary/aromatic N) is 2. The van der Waals surface area contributed by atoms with Gasteiger partial charge < -0.3 is 11.4 Å². The second-order valence-corrected chi connectivity index (χ2v) is 5.82. The maximum absolute atomic E-state index is 4.61. The molecule has 5 heterocycles. The molecule has 25 heavy (non-hydrogen) atoms. The Balaban J connectivity index is 0.000000980. The molecule has 3 aromatic heterocycles. The van der Waals surface area contributed by atoms with Crippen molar-refractivity contribution in [2.24, 2.45) is 0 Å². The van der Waals surface area contributed by atoms with Gasteiger partial charge in [-0.2, -0.15) is 12.1 Å². The van der Waals surface area contributed by atoms with Gasteiger partial charge in [-0.3, -0.25) is 4.98 Å². The van der Waals surface area contributed by atoms with Crippen LogP contribution in [0.1, 0.15) is 24.2 Å². The van der Waals surface area contributed by atoms with Gasteiger partial charge in [0.25, 0.3) is 0 Å². The number of nitrogens with one attached hydrogen (secondary N) is 2. The summed E-state index contributed by atoms with van der Waals surface area (Å²) in [4.78, 5) is 15.9. The predicted octanol–water partition coefficient (Wildman–Crippen LogP) is 4.19. The van der Waals surface area contributed by atoms with Crippen molar-refractivity contribution in [2.45, 2.75) is 0 Å². The van der Waals surface area contributed by atoms with E-state index in [1.807, 2.05) is 66.8 Å². The Morgan fingerprint density at radius 1 is 0.680 bits per heavy atom. The van der Waals surface area contributed by atoms with Crippen LogP contribution in [0.25, 0.3) is 46.4 Å². The van der Waals surface area contributed by atoms with Crippen LogP contribution >= 0.6 is 0 Å². The van der Waals surface area contributed by atoms with Crippen LogP contribution in [0.3, 0.4) is 0 Å². The molecule has 0 fully saturated rings. The Kier molecular flexibility index (Phi) is 4.54. The molecule has 116 valence electrons. The van der Waals surface area contributed by atoms with Crippen LogP contribution in [-0.2, 0) is 0 Å². The summed E-state index contributed by atoms with van der Waals surface area (Å²) in [5, 5.41) is 0. The summed E-state index contributed by atoms with van der Waals surface area (Å²) in [6, 6.07) is 17.3. The van der Waals surface area contributed by atoms with Crippen molar-refractivity contribution in [3.63, 3.8) is 0 Å². The summed E-state index contributed by atoms with van der Waals surface area (Å²) in [6.07, 6.45) is 8.01. The molecule has 0 atom stereocenters. The van der Waals surface area contributed by atoms with Crippen molar-refractivity contribution in [2.75, 3.05) is 0 Å². The molecular weight excluding hydrogens is 434 g/mol. The van der Waals surface area contributed by atoms with E-state index in [4.69, 9.17) is 0 Å². The molecule has 4 nitrogen and oxygen atoms in total. The molecule has 0 radical (unpaired) electrons. The van der Waals surface area contributed by atoms with E-state index in [1.54, 1.807) is 0 Å². The maximum atomic E-state index is 4.61. The van der Waals surface area contributed by atoms with E-state index < -0.39 is 0 Å². The summed E-state index contributed by atoms with van der Waals surface area (Å²) in [6.45, 7) is 0. The van der Waals surface area contributed by atoms with E-state index in [0.29, 0.717) is 0 Å². The minimum Gasteiger partial charge on any atom is -1.00 e. The first-order valence-electron chi connectivity index (χ1n) is 7.76. The monoisotopic (exact) mass is 448 g/mol. The van der Waals surface area contributed by atoms with Gasteiger partial charge >= 0.3 is 48.9 Å². The van der Waals surface area contributed by atoms with Gasteiger partial charge in [0.2, 0.25) is 0 Å². The van der Waals surface area contributed by atoms with Gasteiger partial charge in [-0.15, -0.1) is 6.07 Å². The number of hydrogen-bond donors (Lipinski definition) is 2. The zero-order valence-electron chi connectivity index (χ0n) is 14.5. The first kappa shape index (κ1) is 16.6. The Labute approximate surface area is 186 Å². The number of H-pyrrole nitrogens is 2. The molecule has 2 aliphatic heterocycles. The van der Waals surface area contributed by atoms with Gasteiger partial charge in [-0.25, -0.2) is 4.98 Å². The molecule has 3 aromatic rings. The summed E-state index contributed by atoms with van der Waals surface area (Å²) in [5.74, 6) is 0. The average molecular weight is 448 g/mol. The molecule has 0 unspecified atom stereocenters. The van der Waals surface area contributed by atoms with E-state index in [1.165, 1.54) is 0 Å². The molecule has 0 saturated carbocycles. The second kappa shape index (κ2) is 6.82. The van der Waals surface area contributed by atoms with Crippen LogP contribution in [-0.4, -0.2) is 68.8 Å². The Bertz CT molecular complexity index is 1080. The third-order valence-electron chi connectivity index (χ3n) is 3.96. The van der Waals surface area contributed by atoms with Crippen LogP contribution < -0.4 is 0 Å². The standard InChI is InChI=1S/C20H13N4.Ba.H/c1-2-14-10-16-5-6-18(23-16)12-20-8-7-19(24-20)11-17-4-3-15(22-17)9-13(1)21-14;;/h1-7,9-12,23-24H;;/q-1;+2;-1. The van der Waals surface area contributed by atoms with Crippen molar-refractivity contribution >= 4 is 95.3 Å². The molecule has 8 bridgehead atoms. The molecule has 0 spiro atoms. The minimum absolute atomic E-state index is 0. The Hall–Kier alpha value is -1.83. The average Bonchev–Trinajstić information content (AvgIpc) is 3.32. The first-order valence-corrected chi connectivity index (χ1v) is 7.76. The van der Waals surface area contributed by atoms with Gasteiger partial charge in [0.15, 0.2) is 0 Å². The number of hydrogen-bond acceptors (Lipinski definition) is 2. The van der Waals surface area contributed by atoms with Crippen molar-refractivity contribution in [1.29, 1.82) is 0 Å². The smallest absolute Gasteiger partial charge is 1.00 e. The van der Waals surface area contributed by atoms with Crippen LogP contribution in [0.4, 0.5) is 0 Å². The van der Waals surface area contributed by atoms with Crippen molar-refractivity contribution < 1.29 is 1.43 Å². The number of rotatable bonds is 0. The molecule has 2 N–H and O–H groups in total. The van der Waals surface area contributed by atoms with Gasteiger partial charge in [0.1, 0.15) is 0 Å². The van der Waals surface area contributed by atoms with Crippen LogP contribution in [0.5, 0.6) is 0 Å². The van der Waals surface area contributed by atoms with Crippen molar-refractivity contribution in [3.05, 3.63) is 71.3 Å². The maximum Gasteiger partial charge on any atom is 2.00 e. The fraction of sp³-hybridized carbons (Fsp3) is 0. The third-order valence-corrected chi connectivity index (χ3v) is 3.96. The zero-order chi connectivity index (χ0) is 15.9. The summed E-state index contributed by atoms with van der Waals surface area (Å²) < 4.78 is 0. The van der Waals surface area contributed by atoms with Gasteiger partial charge in [0.05, 0.1) is 22.8 Å². The van der Waals surface area contributed by atoms with E-state index >= 15 is 0 Å². The quantitative estimate of drug-likeness (QED) is 0.276. The second-order valence-electron chi connectivity index (χ2n) is 5.82. The van der Waals surface area contributed by atoms with Crippen LogP contribution in [0.15, 0.2) is 42.5 Å². The summed E-state index contributed by atoms with van der Waals surface area (Å²) in [7, 11) is 0. The third kappa shape index (κ3) is 3.58. The fourth-order valence-corrected chi connectivity index (χ4v) is 2.87. The predicted molar refractivity (Wildman–Crippen MR) is 105 cm³/mol. The molecule has 0 aromatic carbocycles. The summed E-state index contributed by atoms with van der Waals surface area (Å²) >= 11 is 0. The number of fused-ring (bicyclic) bond motifs is 8. The fourth-order valence-electron chi connectivity index (χ4n) is 2.87. The van der Waals surface area contributed by atoms with E-state index in [0.717, 1.165) is 44.8 Å². The Morgan fingerprint density at radius 2 is 1.24 bits per heavy atom. The first-order chi connectivity index (χ1) is 11.8.